The van der Waals surface area contributed by atoms with Crippen molar-refractivity contribution in [1.29, 1.82) is 0 Å². The Morgan fingerprint density at radius 3 is 2.71 bits per heavy atom. The molecule has 0 spiro atoms. The van der Waals surface area contributed by atoms with E-state index in [0.29, 0.717) is 17.3 Å². The maximum Gasteiger partial charge on any atom is 0.255 e. The highest BCUT2D eigenvalue weighted by molar-refractivity contribution is 5.89. The van der Waals surface area contributed by atoms with Crippen LogP contribution in [0.2, 0.25) is 0 Å². The number of benzene rings is 1. The minimum Gasteiger partial charge on any atom is -0.364 e. The molecular weight excluding hydrogens is 226 g/mol. The molecule has 2 rings (SSSR count). The molecule has 0 atom stereocenters. The number of nitrogens with one attached hydrogen (secondary N) is 2. The second-order valence-corrected chi connectivity index (χ2v) is 3.43. The predicted octanol–water partition coefficient (Wildman–Crippen LogP) is 2.35. The summed E-state index contributed by atoms with van der Waals surface area (Å²) in [5, 5.41) is 6.15. The van der Waals surface area contributed by atoms with Gasteiger partial charge in [0.15, 0.2) is 0 Å². The minimum atomic E-state index is -2.42. The number of nitrogens with zero attached hydrogens (tertiary/aromatic N) is 2. The average Bonchev–Trinajstić information content (AvgIpc) is 2.35. The van der Waals surface area contributed by atoms with Gasteiger partial charge in [0.05, 0.1) is 12.1 Å². The molecule has 0 aliphatic rings. The van der Waals surface area contributed by atoms with E-state index in [2.05, 4.69) is 20.6 Å². The van der Waals surface area contributed by atoms with Crippen molar-refractivity contribution in [1.82, 2.24) is 9.97 Å². The van der Waals surface area contributed by atoms with Gasteiger partial charge >= 0.3 is 0 Å². The van der Waals surface area contributed by atoms with E-state index in [1.54, 1.807) is 13.1 Å². The van der Waals surface area contributed by atoms with Gasteiger partial charge in [-0.15, -0.1) is 0 Å². The summed E-state index contributed by atoms with van der Waals surface area (Å²) in [5.74, 6) is 0.820. The van der Waals surface area contributed by atoms with Crippen LogP contribution in [0.25, 0.3) is 10.9 Å². The molecule has 6 heteroatoms. The first kappa shape index (κ1) is 11.5. The zero-order valence-electron chi connectivity index (χ0n) is 9.24. The highest BCUT2D eigenvalue weighted by Crippen LogP contribution is 2.21. The van der Waals surface area contributed by atoms with Crippen LogP contribution in [-0.2, 0) is 0 Å². The van der Waals surface area contributed by atoms with Gasteiger partial charge in [0.25, 0.3) is 6.43 Å². The first-order valence-electron chi connectivity index (χ1n) is 5.17. The summed E-state index contributed by atoms with van der Waals surface area (Å²) in [4.78, 5) is 8.36. The lowest BCUT2D eigenvalue weighted by molar-refractivity contribution is 0.163. The Kier molecular flexibility index (Phi) is 3.32. The third-order valence-electron chi connectivity index (χ3n) is 2.25. The van der Waals surface area contributed by atoms with Crippen molar-refractivity contribution in [2.24, 2.45) is 0 Å². The molecular formula is C11H12F2N4. The SMILES string of the molecule is CNc1nc(NCC(F)F)c2ccccc2n1. The van der Waals surface area contributed by atoms with Crippen molar-refractivity contribution in [2.75, 3.05) is 24.2 Å². The van der Waals surface area contributed by atoms with Gasteiger partial charge in [-0.3, -0.25) is 0 Å². The number of aromatic nitrogens is 2. The fraction of sp³-hybridized carbons (Fsp3) is 0.273. The third-order valence-corrected chi connectivity index (χ3v) is 2.25. The Bertz CT molecular complexity index is 516. The Labute approximate surface area is 97.1 Å². The lowest BCUT2D eigenvalue weighted by atomic mass is 10.2. The number of hydrogen-bond acceptors (Lipinski definition) is 4. The van der Waals surface area contributed by atoms with Crippen LogP contribution in [-0.4, -0.2) is 30.0 Å². The van der Waals surface area contributed by atoms with E-state index in [4.69, 9.17) is 0 Å². The van der Waals surface area contributed by atoms with Gasteiger partial charge in [-0.25, -0.2) is 13.8 Å². The van der Waals surface area contributed by atoms with E-state index in [0.717, 1.165) is 5.39 Å². The van der Waals surface area contributed by atoms with Crippen molar-refractivity contribution in [2.45, 2.75) is 6.43 Å². The van der Waals surface area contributed by atoms with Crippen LogP contribution in [0.5, 0.6) is 0 Å². The van der Waals surface area contributed by atoms with E-state index >= 15 is 0 Å². The van der Waals surface area contributed by atoms with Crippen LogP contribution in [0, 0.1) is 0 Å². The number of alkyl halides is 2. The summed E-state index contributed by atoms with van der Waals surface area (Å²) >= 11 is 0. The van der Waals surface area contributed by atoms with E-state index in [1.807, 2.05) is 18.2 Å². The number of fused-ring (bicyclic) bond motifs is 1. The predicted molar refractivity (Wildman–Crippen MR) is 63.6 cm³/mol. The van der Waals surface area contributed by atoms with Gasteiger partial charge < -0.3 is 10.6 Å². The summed E-state index contributed by atoms with van der Waals surface area (Å²) in [7, 11) is 1.68. The molecule has 0 saturated carbocycles. The first-order chi connectivity index (χ1) is 8.20. The van der Waals surface area contributed by atoms with Crippen LogP contribution in [0.1, 0.15) is 0 Å². The van der Waals surface area contributed by atoms with Gasteiger partial charge in [0.2, 0.25) is 5.95 Å². The van der Waals surface area contributed by atoms with Crippen molar-refractivity contribution in [3.63, 3.8) is 0 Å². The number of halogens is 2. The fourth-order valence-electron chi connectivity index (χ4n) is 1.50. The average molecular weight is 238 g/mol. The Balaban J connectivity index is 2.43. The monoisotopic (exact) mass is 238 g/mol. The standard InChI is InChI=1S/C11H12F2N4/c1-14-11-16-8-5-3-2-4-7(8)10(17-11)15-6-9(12)13/h2-5,9H,6H2,1H3,(H2,14,15,16,17). The molecule has 1 aromatic carbocycles. The van der Waals surface area contributed by atoms with Gasteiger partial charge in [-0.2, -0.15) is 4.98 Å². The fourth-order valence-corrected chi connectivity index (χ4v) is 1.50. The second kappa shape index (κ2) is 4.90. The zero-order chi connectivity index (χ0) is 12.3. The first-order valence-corrected chi connectivity index (χ1v) is 5.17. The highest BCUT2D eigenvalue weighted by Gasteiger charge is 2.08. The molecule has 0 saturated heterocycles. The summed E-state index contributed by atoms with van der Waals surface area (Å²) in [6.45, 7) is -0.426. The Morgan fingerprint density at radius 1 is 1.24 bits per heavy atom. The van der Waals surface area contributed by atoms with Crippen LogP contribution in [0.15, 0.2) is 24.3 Å². The molecule has 0 aliphatic carbocycles. The molecule has 17 heavy (non-hydrogen) atoms. The van der Waals surface area contributed by atoms with E-state index < -0.39 is 13.0 Å². The third kappa shape index (κ3) is 2.58. The van der Waals surface area contributed by atoms with Gasteiger partial charge in [-0.05, 0) is 12.1 Å². The van der Waals surface area contributed by atoms with Crippen LogP contribution in [0.3, 0.4) is 0 Å². The molecule has 0 bridgehead atoms. The van der Waals surface area contributed by atoms with Gasteiger partial charge in [0, 0.05) is 12.4 Å². The van der Waals surface area contributed by atoms with Crippen molar-refractivity contribution < 1.29 is 8.78 Å². The smallest absolute Gasteiger partial charge is 0.255 e. The number of anilines is 2. The molecule has 0 unspecified atom stereocenters. The van der Waals surface area contributed by atoms with Gasteiger partial charge in [-0.1, -0.05) is 12.1 Å². The van der Waals surface area contributed by atoms with Crippen molar-refractivity contribution >= 4 is 22.7 Å². The molecule has 4 nitrogen and oxygen atoms in total. The summed E-state index contributed by atoms with van der Waals surface area (Å²) in [6.07, 6.45) is -2.42. The second-order valence-electron chi connectivity index (χ2n) is 3.43. The largest absolute Gasteiger partial charge is 0.364 e. The Hall–Kier alpha value is -1.98. The van der Waals surface area contributed by atoms with Crippen LogP contribution >= 0.6 is 0 Å². The molecule has 1 heterocycles. The van der Waals surface area contributed by atoms with Gasteiger partial charge in [0.1, 0.15) is 5.82 Å². The lowest BCUT2D eigenvalue weighted by Crippen LogP contribution is -2.12. The summed E-state index contributed by atoms with van der Waals surface area (Å²) < 4.78 is 24.4. The van der Waals surface area contributed by atoms with Crippen molar-refractivity contribution in [3.05, 3.63) is 24.3 Å². The maximum absolute atomic E-state index is 12.2. The number of hydrogen-bond donors (Lipinski definition) is 2. The minimum absolute atomic E-state index is 0.403. The summed E-state index contributed by atoms with van der Waals surface area (Å²) in [6, 6.07) is 7.26. The quantitative estimate of drug-likeness (QED) is 0.858. The zero-order valence-corrected chi connectivity index (χ0v) is 9.24. The molecule has 0 radical (unpaired) electrons. The van der Waals surface area contributed by atoms with Crippen LogP contribution in [0.4, 0.5) is 20.5 Å². The number of rotatable bonds is 4. The highest BCUT2D eigenvalue weighted by atomic mass is 19.3. The maximum atomic E-state index is 12.2. The molecule has 0 aliphatic heterocycles. The van der Waals surface area contributed by atoms with E-state index in [1.165, 1.54) is 0 Å². The lowest BCUT2D eigenvalue weighted by Gasteiger charge is -2.09. The molecule has 0 amide bonds. The summed E-state index contributed by atoms with van der Waals surface area (Å²) in [5.41, 5.74) is 0.712. The molecule has 2 N–H and O–H groups in total. The molecule has 0 fully saturated rings. The van der Waals surface area contributed by atoms with Crippen molar-refractivity contribution in [3.8, 4) is 0 Å². The van der Waals surface area contributed by atoms with E-state index in [9.17, 15) is 8.78 Å². The van der Waals surface area contributed by atoms with E-state index in [-0.39, 0.29) is 0 Å². The number of para-hydroxylation sites is 1. The topological polar surface area (TPSA) is 49.8 Å². The molecule has 2 aromatic rings. The molecule has 1 aromatic heterocycles. The molecule has 90 valence electrons. The Morgan fingerprint density at radius 2 is 2.00 bits per heavy atom. The normalized spacial score (nSPS) is 10.8. The van der Waals surface area contributed by atoms with Crippen LogP contribution < -0.4 is 10.6 Å².